The normalized spacial score (nSPS) is 8.80. The van der Waals surface area contributed by atoms with Crippen molar-refractivity contribution in [3.8, 4) is 18.2 Å². The zero-order chi connectivity index (χ0) is 7.40. The molecule has 0 fully saturated rings. The Morgan fingerprint density at radius 2 is 2.70 bits per heavy atom. The van der Waals surface area contributed by atoms with Crippen molar-refractivity contribution in [2.24, 2.45) is 0 Å². The van der Waals surface area contributed by atoms with Gasteiger partial charge in [0.05, 0.1) is 13.3 Å². The molecular weight excluding hydrogens is 128 g/mol. The fourth-order valence-corrected chi connectivity index (χ4v) is 0.699. The summed E-state index contributed by atoms with van der Waals surface area (Å²) in [5, 5.41) is 3.93. The van der Waals surface area contributed by atoms with E-state index in [4.69, 9.17) is 11.2 Å². The molecule has 0 saturated heterocycles. The summed E-state index contributed by atoms with van der Waals surface area (Å²) in [6, 6.07) is 1.76. The lowest BCUT2D eigenvalue weighted by Crippen LogP contribution is -2.00. The molecule has 1 rings (SSSR count). The maximum absolute atomic E-state index is 5.08. The summed E-state index contributed by atoms with van der Waals surface area (Å²) in [4.78, 5) is 0. The predicted octanol–water partition coefficient (Wildman–Crippen LogP) is 0.525. The molecule has 0 saturated carbocycles. The fraction of sp³-hybridized carbons (Fsp3) is 0.286. The molecule has 0 aliphatic rings. The monoisotopic (exact) mass is 136 g/mol. The Labute approximate surface area is 59.6 Å². The van der Waals surface area contributed by atoms with Gasteiger partial charge in [-0.15, -0.1) is 6.42 Å². The number of rotatable bonds is 2. The highest BCUT2D eigenvalue weighted by atomic mass is 16.5. The van der Waals surface area contributed by atoms with Gasteiger partial charge in [-0.05, 0) is 0 Å². The summed E-state index contributed by atoms with van der Waals surface area (Å²) < 4.78 is 6.55. The number of hydrogen-bond donors (Lipinski definition) is 0. The lowest BCUT2D eigenvalue weighted by Gasteiger charge is -1.99. The third kappa shape index (κ3) is 1.11. The second-order valence-electron chi connectivity index (χ2n) is 1.74. The third-order valence-electron chi connectivity index (χ3n) is 1.13. The molecule has 0 aromatic carbocycles. The zero-order valence-corrected chi connectivity index (χ0v) is 5.74. The zero-order valence-electron chi connectivity index (χ0n) is 5.74. The van der Waals surface area contributed by atoms with Crippen molar-refractivity contribution >= 4 is 0 Å². The number of terminal acetylenes is 1. The van der Waals surface area contributed by atoms with Gasteiger partial charge in [0.25, 0.3) is 0 Å². The maximum Gasteiger partial charge on any atom is 0.212 e. The Kier molecular flexibility index (Phi) is 1.96. The van der Waals surface area contributed by atoms with Gasteiger partial charge in [-0.3, -0.25) is 0 Å². The molecule has 3 heteroatoms. The van der Waals surface area contributed by atoms with E-state index in [9.17, 15) is 0 Å². The van der Waals surface area contributed by atoms with Gasteiger partial charge in [0.15, 0.2) is 0 Å². The maximum atomic E-state index is 5.08. The molecule has 1 heterocycles. The summed E-state index contributed by atoms with van der Waals surface area (Å²) in [6.45, 7) is 0.455. The van der Waals surface area contributed by atoms with Crippen LogP contribution in [-0.2, 0) is 6.54 Å². The highest BCUT2D eigenvalue weighted by Crippen LogP contribution is 2.06. The molecule has 0 unspecified atom stereocenters. The Hall–Kier alpha value is -1.43. The summed E-state index contributed by atoms with van der Waals surface area (Å²) in [6.07, 6.45) is 6.73. The second kappa shape index (κ2) is 2.92. The van der Waals surface area contributed by atoms with Crippen molar-refractivity contribution in [2.45, 2.75) is 6.54 Å². The topological polar surface area (TPSA) is 27.1 Å². The quantitative estimate of drug-likeness (QED) is 0.554. The second-order valence-corrected chi connectivity index (χ2v) is 1.74. The fourth-order valence-electron chi connectivity index (χ4n) is 0.699. The molecule has 1 aromatic rings. The van der Waals surface area contributed by atoms with Crippen LogP contribution in [0.25, 0.3) is 0 Å². The van der Waals surface area contributed by atoms with Crippen molar-refractivity contribution in [3.05, 3.63) is 12.3 Å². The van der Waals surface area contributed by atoms with Crippen molar-refractivity contribution in [3.63, 3.8) is 0 Å². The average molecular weight is 136 g/mol. The van der Waals surface area contributed by atoms with Gasteiger partial charge in [-0.1, -0.05) is 5.92 Å². The number of methoxy groups -OCH3 is 1. The van der Waals surface area contributed by atoms with Gasteiger partial charge in [0.1, 0.15) is 6.54 Å². The Morgan fingerprint density at radius 3 is 3.30 bits per heavy atom. The average Bonchev–Trinajstić information content (AvgIpc) is 2.36. The minimum absolute atomic E-state index is 0.455. The van der Waals surface area contributed by atoms with E-state index in [1.165, 1.54) is 0 Å². The first-order valence-electron chi connectivity index (χ1n) is 2.87. The van der Waals surface area contributed by atoms with Crippen molar-refractivity contribution < 1.29 is 4.74 Å². The molecule has 0 radical (unpaired) electrons. The van der Waals surface area contributed by atoms with Gasteiger partial charge >= 0.3 is 0 Å². The van der Waals surface area contributed by atoms with E-state index in [1.54, 1.807) is 24.1 Å². The smallest absolute Gasteiger partial charge is 0.212 e. The minimum Gasteiger partial charge on any atom is -0.481 e. The van der Waals surface area contributed by atoms with Crippen LogP contribution in [0.1, 0.15) is 0 Å². The molecule has 0 spiro atoms. The number of hydrogen-bond acceptors (Lipinski definition) is 2. The van der Waals surface area contributed by atoms with E-state index >= 15 is 0 Å². The third-order valence-corrected chi connectivity index (χ3v) is 1.13. The van der Waals surface area contributed by atoms with Crippen LogP contribution in [0.3, 0.4) is 0 Å². The van der Waals surface area contributed by atoms with E-state index in [0.717, 1.165) is 0 Å². The number of nitrogens with zero attached hydrogens (tertiary/aromatic N) is 2. The summed E-state index contributed by atoms with van der Waals surface area (Å²) in [5.41, 5.74) is 0. The summed E-state index contributed by atoms with van der Waals surface area (Å²) in [5.74, 6) is 3.16. The van der Waals surface area contributed by atoms with Crippen LogP contribution < -0.4 is 4.74 Å². The Balaban J connectivity index is 2.82. The van der Waals surface area contributed by atoms with Gasteiger partial charge in [-0.25, -0.2) is 4.68 Å². The van der Waals surface area contributed by atoms with Crippen LogP contribution in [-0.4, -0.2) is 16.9 Å². The van der Waals surface area contributed by atoms with Gasteiger partial charge in [0.2, 0.25) is 5.88 Å². The SMILES string of the molecule is C#CCn1nccc1OC. The molecule has 0 bridgehead atoms. The number of aromatic nitrogens is 2. The Morgan fingerprint density at radius 1 is 1.90 bits per heavy atom. The molecule has 0 atom stereocenters. The highest BCUT2D eigenvalue weighted by molar-refractivity contribution is 5.08. The molecule has 52 valence electrons. The molecule has 3 nitrogen and oxygen atoms in total. The van der Waals surface area contributed by atoms with Crippen LogP contribution in [0.4, 0.5) is 0 Å². The van der Waals surface area contributed by atoms with Crippen LogP contribution in [0.2, 0.25) is 0 Å². The van der Waals surface area contributed by atoms with Crippen LogP contribution in [0, 0.1) is 12.3 Å². The number of ether oxygens (including phenoxy) is 1. The van der Waals surface area contributed by atoms with Crippen molar-refractivity contribution in [1.82, 2.24) is 9.78 Å². The van der Waals surface area contributed by atoms with E-state index in [-0.39, 0.29) is 0 Å². The first-order chi connectivity index (χ1) is 4.88. The van der Waals surface area contributed by atoms with Crippen LogP contribution in [0.15, 0.2) is 12.3 Å². The van der Waals surface area contributed by atoms with E-state index in [0.29, 0.717) is 12.4 Å². The van der Waals surface area contributed by atoms with Crippen molar-refractivity contribution in [1.29, 1.82) is 0 Å². The first kappa shape index (κ1) is 6.69. The Bertz CT molecular complexity index is 246. The van der Waals surface area contributed by atoms with E-state index in [1.807, 2.05) is 0 Å². The lowest BCUT2D eigenvalue weighted by molar-refractivity contribution is 0.369. The largest absolute Gasteiger partial charge is 0.481 e. The van der Waals surface area contributed by atoms with Gasteiger partial charge < -0.3 is 4.74 Å². The lowest BCUT2D eigenvalue weighted by atomic mass is 10.6. The minimum atomic E-state index is 0.455. The van der Waals surface area contributed by atoms with E-state index in [2.05, 4.69) is 11.0 Å². The predicted molar refractivity (Wildman–Crippen MR) is 37.6 cm³/mol. The molecule has 0 N–H and O–H groups in total. The van der Waals surface area contributed by atoms with Gasteiger partial charge in [-0.2, -0.15) is 5.10 Å². The molecular formula is C7H8N2O. The van der Waals surface area contributed by atoms with E-state index < -0.39 is 0 Å². The molecule has 0 aliphatic heterocycles. The van der Waals surface area contributed by atoms with Crippen molar-refractivity contribution in [2.75, 3.05) is 7.11 Å². The molecule has 1 aromatic heterocycles. The molecule has 0 aliphatic carbocycles. The molecule has 0 amide bonds. The van der Waals surface area contributed by atoms with Crippen LogP contribution in [0.5, 0.6) is 5.88 Å². The summed E-state index contributed by atoms with van der Waals surface area (Å²) >= 11 is 0. The van der Waals surface area contributed by atoms with Crippen LogP contribution >= 0.6 is 0 Å². The molecule has 10 heavy (non-hydrogen) atoms. The highest BCUT2D eigenvalue weighted by Gasteiger charge is 1.96. The first-order valence-corrected chi connectivity index (χ1v) is 2.87. The summed E-state index contributed by atoms with van der Waals surface area (Å²) in [7, 11) is 1.59. The van der Waals surface area contributed by atoms with Gasteiger partial charge in [0, 0.05) is 6.07 Å². The standard InChI is InChI=1S/C7H8N2O/c1-3-6-9-7(10-2)4-5-8-9/h1,4-5H,6H2,2H3.